The smallest absolute Gasteiger partial charge is 0.318 e. The zero-order valence-electron chi connectivity index (χ0n) is 27.3. The Morgan fingerprint density at radius 2 is 1.46 bits per heavy atom. The molecule has 0 saturated carbocycles. The Bertz CT molecular complexity index is 3260. The van der Waals surface area contributed by atoms with Crippen LogP contribution in [0.1, 0.15) is 22.3 Å². The van der Waals surface area contributed by atoms with Crippen LogP contribution >= 0.6 is 0 Å². The van der Waals surface area contributed by atoms with E-state index in [0.717, 1.165) is 56.0 Å². The van der Waals surface area contributed by atoms with Gasteiger partial charge in [-0.25, -0.2) is 4.98 Å². The Hall–Kier alpha value is -6.53. The first-order chi connectivity index (χ1) is 24.6. The maximum atomic E-state index is 7.00. The van der Waals surface area contributed by atoms with Gasteiger partial charge in [-0.05, 0) is 79.6 Å². The Morgan fingerprint density at radius 3 is 2.36 bits per heavy atom. The lowest BCUT2D eigenvalue weighted by molar-refractivity contribution is -0.956. The third-order valence-corrected chi connectivity index (χ3v) is 11.7. The maximum Gasteiger partial charge on any atom is 0.318 e. The third kappa shape index (κ3) is 2.57. The lowest BCUT2D eigenvalue weighted by atomic mass is 9.83. The highest BCUT2D eigenvalue weighted by Gasteiger charge is 2.65. The van der Waals surface area contributed by atoms with Gasteiger partial charge in [-0.15, -0.1) is 0 Å². The minimum Gasteiger partial charge on any atom is -0.456 e. The van der Waals surface area contributed by atoms with Gasteiger partial charge in [0.05, 0.1) is 17.1 Å². The van der Waals surface area contributed by atoms with Crippen LogP contribution in [0.15, 0.2) is 128 Å². The standard InChI is InChI=1S/C44H27N5O/c1-24-10-9-11-25(2)37(24)33-23-47-43-38-29(41-32(48(33)43)22-26-12-3-5-14-30(26)45-41)18-20-34-39(38)44(47)40-35(50-34)19-17-28-27-13-4-6-15-31(27)49(42(28)40)36-16-7-8-21-46(36)44/h3-23H,1-2H3/q+2. The largest absolute Gasteiger partial charge is 0.456 e. The predicted molar refractivity (Wildman–Crippen MR) is 195 cm³/mol. The van der Waals surface area contributed by atoms with Crippen LogP contribution in [0, 0.1) is 13.8 Å². The van der Waals surface area contributed by atoms with Crippen molar-refractivity contribution in [2.24, 2.45) is 0 Å². The zero-order valence-corrected chi connectivity index (χ0v) is 27.3. The molecule has 10 aromatic rings. The molecule has 6 heteroatoms. The fourth-order valence-electron chi connectivity index (χ4n) is 9.93. The summed E-state index contributed by atoms with van der Waals surface area (Å²) in [6.07, 6.45) is 4.68. The van der Waals surface area contributed by atoms with Crippen LogP contribution in [0.3, 0.4) is 0 Å². The predicted octanol–water partition coefficient (Wildman–Crippen LogP) is 8.78. The first kappa shape index (κ1) is 25.5. The fraction of sp³-hybridized carbons (Fsp3) is 0.0682. The summed E-state index contributed by atoms with van der Waals surface area (Å²) in [6.45, 7) is 4.46. The molecule has 0 saturated heterocycles. The van der Waals surface area contributed by atoms with E-state index in [1.165, 1.54) is 55.0 Å². The van der Waals surface area contributed by atoms with Gasteiger partial charge in [-0.2, -0.15) is 18.1 Å². The van der Waals surface area contributed by atoms with E-state index in [1.54, 1.807) is 0 Å². The summed E-state index contributed by atoms with van der Waals surface area (Å²) in [6, 6.07) is 41.6. The van der Waals surface area contributed by atoms with E-state index >= 15 is 0 Å². The molecule has 0 radical (unpaired) electrons. The van der Waals surface area contributed by atoms with Crippen molar-refractivity contribution in [3.63, 3.8) is 0 Å². The van der Waals surface area contributed by atoms with E-state index in [0.29, 0.717) is 0 Å². The third-order valence-electron chi connectivity index (χ3n) is 11.7. The summed E-state index contributed by atoms with van der Waals surface area (Å²) < 4.78 is 17.0. The number of nitrogens with zero attached hydrogens (tertiary/aromatic N) is 5. The number of pyridine rings is 3. The van der Waals surface area contributed by atoms with E-state index in [2.05, 4.69) is 160 Å². The topological polar surface area (TPSA) is 39.2 Å². The lowest BCUT2D eigenvalue weighted by Gasteiger charge is -2.36. The van der Waals surface area contributed by atoms with Crippen molar-refractivity contribution in [3.05, 3.63) is 150 Å². The number of aromatic nitrogens is 5. The van der Waals surface area contributed by atoms with Crippen LogP contribution in [0.4, 0.5) is 0 Å². The quantitative estimate of drug-likeness (QED) is 0.102. The van der Waals surface area contributed by atoms with E-state index in [-0.39, 0.29) is 0 Å². The molecule has 1 unspecified atom stereocenters. The molecule has 0 amide bonds. The number of benzene rings is 5. The monoisotopic (exact) mass is 641 g/mol. The molecule has 1 spiro atoms. The first-order valence-corrected chi connectivity index (χ1v) is 17.2. The molecular formula is C44H27N5O+2. The van der Waals surface area contributed by atoms with Crippen molar-refractivity contribution in [2.45, 2.75) is 19.5 Å². The highest BCUT2D eigenvalue weighted by Crippen LogP contribution is 2.57. The molecule has 6 nitrogen and oxygen atoms in total. The Kier molecular flexibility index (Phi) is 4.17. The van der Waals surface area contributed by atoms with Crippen LogP contribution in [-0.4, -0.2) is 14.0 Å². The Labute approximate surface area is 285 Å². The molecule has 0 N–H and O–H groups in total. The fourth-order valence-corrected chi connectivity index (χ4v) is 9.93. The molecule has 3 aliphatic rings. The second-order valence-corrected chi connectivity index (χ2v) is 14.1. The Balaban J connectivity index is 1.35. The number of ether oxygens (including phenoxy) is 1. The van der Waals surface area contributed by atoms with Crippen LogP contribution in [0.2, 0.25) is 0 Å². The molecule has 8 heterocycles. The van der Waals surface area contributed by atoms with E-state index < -0.39 is 5.66 Å². The Morgan fingerprint density at radius 1 is 0.680 bits per heavy atom. The molecule has 5 aromatic heterocycles. The summed E-state index contributed by atoms with van der Waals surface area (Å²) >= 11 is 0. The van der Waals surface area contributed by atoms with Crippen LogP contribution in [0.5, 0.6) is 11.5 Å². The van der Waals surface area contributed by atoms with Gasteiger partial charge >= 0.3 is 5.66 Å². The molecular weight excluding hydrogens is 615 g/mol. The molecule has 5 aromatic carbocycles. The lowest BCUT2D eigenvalue weighted by Crippen LogP contribution is -2.75. The van der Waals surface area contributed by atoms with E-state index in [1.807, 2.05) is 0 Å². The number of hydrogen-bond donors (Lipinski definition) is 0. The zero-order chi connectivity index (χ0) is 32.6. The number of hydrogen-bond acceptors (Lipinski definition) is 2. The molecule has 1 atom stereocenters. The van der Waals surface area contributed by atoms with Gasteiger partial charge in [0.25, 0.3) is 11.5 Å². The van der Waals surface area contributed by atoms with E-state index in [4.69, 9.17) is 9.72 Å². The molecule has 50 heavy (non-hydrogen) atoms. The summed E-state index contributed by atoms with van der Waals surface area (Å²) in [5.41, 5.74) is 13.1. The minimum atomic E-state index is -0.748. The molecule has 232 valence electrons. The van der Waals surface area contributed by atoms with Gasteiger partial charge < -0.3 is 4.74 Å². The van der Waals surface area contributed by atoms with E-state index in [9.17, 15) is 0 Å². The normalized spacial score (nSPS) is 16.4. The van der Waals surface area contributed by atoms with Gasteiger partial charge in [-0.1, -0.05) is 54.6 Å². The van der Waals surface area contributed by atoms with Crippen LogP contribution < -0.4 is 13.9 Å². The van der Waals surface area contributed by atoms with Gasteiger partial charge in [0.15, 0.2) is 16.7 Å². The number of para-hydroxylation sites is 2. The molecule has 0 aliphatic carbocycles. The average Bonchev–Trinajstić information content (AvgIpc) is 3.79. The summed E-state index contributed by atoms with van der Waals surface area (Å²) in [5.74, 6) is 2.89. The maximum absolute atomic E-state index is 7.00. The van der Waals surface area contributed by atoms with Crippen molar-refractivity contribution >= 4 is 60.2 Å². The van der Waals surface area contributed by atoms with Crippen molar-refractivity contribution in [1.29, 1.82) is 0 Å². The van der Waals surface area contributed by atoms with Crippen molar-refractivity contribution in [1.82, 2.24) is 14.0 Å². The van der Waals surface area contributed by atoms with Gasteiger partial charge in [0.2, 0.25) is 0 Å². The summed E-state index contributed by atoms with van der Waals surface area (Å²) in [5, 5.41) is 5.91. The van der Waals surface area contributed by atoms with Gasteiger partial charge in [0, 0.05) is 33.2 Å². The molecule has 0 bridgehead atoms. The molecule has 0 fully saturated rings. The van der Waals surface area contributed by atoms with Crippen molar-refractivity contribution in [3.8, 4) is 28.6 Å². The highest BCUT2D eigenvalue weighted by molar-refractivity contribution is 6.16. The highest BCUT2D eigenvalue weighted by atomic mass is 16.5. The molecule has 13 rings (SSSR count). The number of aryl methyl sites for hydroxylation is 2. The van der Waals surface area contributed by atoms with Gasteiger partial charge in [-0.3, -0.25) is 0 Å². The van der Waals surface area contributed by atoms with Crippen molar-refractivity contribution < 1.29 is 13.9 Å². The first-order valence-electron chi connectivity index (χ1n) is 17.2. The number of rotatable bonds is 1. The summed E-state index contributed by atoms with van der Waals surface area (Å²) in [7, 11) is 0. The number of fused-ring (bicyclic) bond motifs is 9. The van der Waals surface area contributed by atoms with Crippen LogP contribution in [-0.2, 0) is 5.66 Å². The van der Waals surface area contributed by atoms with Gasteiger partial charge in [0.1, 0.15) is 39.9 Å². The van der Waals surface area contributed by atoms with Crippen molar-refractivity contribution in [2.75, 3.05) is 0 Å². The minimum absolute atomic E-state index is 0.748. The SMILES string of the molecule is Cc1cccc(C)c1-c1c[n+]2c3c4c5c(ccc4c4nc6ccccc6cc4n13)Oc1ccc3c4ccccc4n4c3c1C52[n+]1ccccc1-4. The average molecular weight is 642 g/mol. The number of imidazole rings is 1. The second kappa shape index (κ2) is 8.18. The molecule has 3 aliphatic heterocycles. The van der Waals surface area contributed by atoms with Crippen LogP contribution in [0.25, 0.3) is 77.2 Å². The summed E-state index contributed by atoms with van der Waals surface area (Å²) in [4.78, 5) is 5.42. The second-order valence-electron chi connectivity index (χ2n) is 14.1.